The van der Waals surface area contributed by atoms with Crippen LogP contribution in [-0.2, 0) is 22.6 Å². The molecule has 6 nitrogen and oxygen atoms in total. The maximum absolute atomic E-state index is 11.0. The number of ether oxygens (including phenoxy) is 1. The molecule has 1 aromatic heterocycles. The second kappa shape index (κ2) is 6.44. The van der Waals surface area contributed by atoms with Gasteiger partial charge in [0.2, 0.25) is 0 Å². The van der Waals surface area contributed by atoms with Crippen LogP contribution in [0, 0.1) is 0 Å². The first-order valence-electron chi connectivity index (χ1n) is 4.98. The van der Waals surface area contributed by atoms with Gasteiger partial charge in [0.1, 0.15) is 17.5 Å². The first-order valence-corrected chi connectivity index (χ1v) is 5.42. The van der Waals surface area contributed by atoms with E-state index in [1.807, 2.05) is 6.92 Å². The van der Waals surface area contributed by atoms with E-state index >= 15 is 0 Å². The lowest BCUT2D eigenvalue weighted by Gasteiger charge is -2.08. The van der Waals surface area contributed by atoms with Gasteiger partial charge in [0.25, 0.3) is 0 Å². The van der Waals surface area contributed by atoms with Crippen LogP contribution in [0.4, 0.5) is 0 Å². The molecule has 90 valence electrons. The number of esters is 1. The predicted molar refractivity (Wildman–Crippen MR) is 59.1 cm³/mol. The first-order chi connectivity index (χ1) is 7.69. The van der Waals surface area contributed by atoms with Gasteiger partial charge < -0.3 is 10.1 Å². The Morgan fingerprint density at radius 1 is 1.75 bits per heavy atom. The second-order valence-corrected chi connectivity index (χ2v) is 3.64. The molecule has 1 unspecified atom stereocenters. The third kappa shape index (κ3) is 3.46. The molecule has 0 aliphatic heterocycles. The Balaban J connectivity index is 2.33. The van der Waals surface area contributed by atoms with Gasteiger partial charge in [0.15, 0.2) is 0 Å². The Morgan fingerprint density at radius 2 is 2.50 bits per heavy atom. The number of hydrogen-bond donors (Lipinski definition) is 1. The van der Waals surface area contributed by atoms with Crippen LogP contribution >= 0.6 is 11.6 Å². The van der Waals surface area contributed by atoms with Gasteiger partial charge in [0.05, 0.1) is 13.7 Å². The molecule has 0 aliphatic rings. The minimum atomic E-state index is -0.678. The van der Waals surface area contributed by atoms with Gasteiger partial charge in [-0.3, -0.25) is 4.79 Å². The Kier molecular flexibility index (Phi) is 5.21. The van der Waals surface area contributed by atoms with Gasteiger partial charge in [-0.2, -0.15) is 5.10 Å². The molecule has 16 heavy (non-hydrogen) atoms. The van der Waals surface area contributed by atoms with E-state index < -0.39 is 11.3 Å². The van der Waals surface area contributed by atoms with E-state index in [1.54, 1.807) is 4.68 Å². The molecule has 1 atom stereocenters. The number of halogens is 1. The van der Waals surface area contributed by atoms with Gasteiger partial charge in [-0.05, 0) is 6.92 Å². The van der Waals surface area contributed by atoms with Crippen molar-refractivity contribution in [2.75, 3.05) is 13.7 Å². The molecular formula is C9H15ClN4O2. The van der Waals surface area contributed by atoms with E-state index in [2.05, 4.69) is 20.1 Å². The smallest absolute Gasteiger partial charge is 0.325 e. The van der Waals surface area contributed by atoms with Crippen molar-refractivity contribution in [1.82, 2.24) is 20.1 Å². The lowest BCUT2D eigenvalue weighted by Crippen LogP contribution is -2.30. The number of carbonyl (C=O) groups excluding carboxylic acids is 1. The average Bonchev–Trinajstić information content (AvgIpc) is 2.75. The van der Waals surface area contributed by atoms with Gasteiger partial charge in [0, 0.05) is 13.1 Å². The Morgan fingerprint density at radius 3 is 3.12 bits per heavy atom. The average molecular weight is 247 g/mol. The maximum Gasteiger partial charge on any atom is 0.325 e. The van der Waals surface area contributed by atoms with Crippen molar-refractivity contribution in [2.45, 2.75) is 25.4 Å². The molecule has 0 saturated carbocycles. The Bertz CT molecular complexity index is 342. The van der Waals surface area contributed by atoms with Gasteiger partial charge in [-0.1, -0.05) is 0 Å². The number of carbonyl (C=O) groups is 1. The molecule has 7 heteroatoms. The van der Waals surface area contributed by atoms with E-state index in [1.165, 1.54) is 13.4 Å². The molecule has 0 amide bonds. The molecule has 1 rings (SSSR count). The molecule has 0 bridgehead atoms. The third-order valence-electron chi connectivity index (χ3n) is 2.06. The van der Waals surface area contributed by atoms with Crippen LogP contribution in [0.1, 0.15) is 12.7 Å². The van der Waals surface area contributed by atoms with Crippen molar-refractivity contribution in [3.05, 3.63) is 12.2 Å². The number of aromatic nitrogens is 3. The SMILES string of the molecule is CCn1ncnc1CNCC(Cl)C(=O)OC. The fraction of sp³-hybridized carbons (Fsp3) is 0.667. The fourth-order valence-corrected chi connectivity index (χ4v) is 1.41. The van der Waals surface area contributed by atoms with E-state index in [4.69, 9.17) is 11.6 Å². The second-order valence-electron chi connectivity index (χ2n) is 3.11. The monoisotopic (exact) mass is 246 g/mol. The molecule has 0 aromatic carbocycles. The summed E-state index contributed by atoms with van der Waals surface area (Å²) in [5, 5.41) is 6.37. The topological polar surface area (TPSA) is 69.0 Å². The summed E-state index contributed by atoms with van der Waals surface area (Å²) in [6.45, 7) is 3.61. The zero-order chi connectivity index (χ0) is 12.0. The summed E-state index contributed by atoms with van der Waals surface area (Å²) in [7, 11) is 1.31. The molecule has 1 heterocycles. The number of hydrogen-bond acceptors (Lipinski definition) is 5. The van der Waals surface area contributed by atoms with Crippen molar-refractivity contribution in [1.29, 1.82) is 0 Å². The number of methoxy groups -OCH3 is 1. The summed E-state index contributed by atoms with van der Waals surface area (Å²) in [4.78, 5) is 15.1. The number of alkyl halides is 1. The molecule has 1 aromatic rings. The van der Waals surface area contributed by atoms with Crippen LogP contribution in [0.5, 0.6) is 0 Å². The quantitative estimate of drug-likeness (QED) is 0.572. The van der Waals surface area contributed by atoms with Crippen molar-refractivity contribution >= 4 is 17.6 Å². The van der Waals surface area contributed by atoms with Gasteiger partial charge in [-0.15, -0.1) is 11.6 Å². The fourth-order valence-electron chi connectivity index (χ4n) is 1.21. The number of aryl methyl sites for hydroxylation is 1. The highest BCUT2D eigenvalue weighted by Gasteiger charge is 2.15. The van der Waals surface area contributed by atoms with Crippen molar-refractivity contribution in [3.63, 3.8) is 0 Å². The zero-order valence-electron chi connectivity index (χ0n) is 9.31. The summed E-state index contributed by atoms with van der Waals surface area (Å²) in [6.07, 6.45) is 1.50. The molecule has 0 radical (unpaired) electrons. The van der Waals surface area contributed by atoms with Crippen molar-refractivity contribution in [2.24, 2.45) is 0 Å². The van der Waals surface area contributed by atoms with E-state index in [0.29, 0.717) is 13.1 Å². The predicted octanol–water partition coefficient (Wildman–Crippen LogP) is 0.168. The summed E-state index contributed by atoms with van der Waals surface area (Å²) in [5.41, 5.74) is 0. The summed E-state index contributed by atoms with van der Waals surface area (Å²) < 4.78 is 6.27. The maximum atomic E-state index is 11.0. The number of rotatable bonds is 6. The van der Waals surface area contributed by atoms with Crippen LogP contribution in [-0.4, -0.2) is 39.8 Å². The van der Waals surface area contributed by atoms with Crippen LogP contribution in [0.3, 0.4) is 0 Å². The first kappa shape index (κ1) is 12.9. The highest BCUT2D eigenvalue weighted by Crippen LogP contribution is 1.98. The lowest BCUT2D eigenvalue weighted by molar-refractivity contribution is -0.140. The minimum Gasteiger partial charge on any atom is -0.468 e. The van der Waals surface area contributed by atoms with Crippen molar-refractivity contribution in [3.8, 4) is 0 Å². The summed E-state index contributed by atoms with van der Waals surface area (Å²) >= 11 is 5.77. The van der Waals surface area contributed by atoms with Crippen LogP contribution in [0.15, 0.2) is 6.33 Å². The molecule has 0 spiro atoms. The van der Waals surface area contributed by atoms with E-state index in [0.717, 1.165) is 12.4 Å². The molecular weight excluding hydrogens is 232 g/mol. The molecule has 0 saturated heterocycles. The lowest BCUT2D eigenvalue weighted by atomic mass is 10.4. The molecule has 0 aliphatic carbocycles. The highest BCUT2D eigenvalue weighted by atomic mass is 35.5. The number of nitrogens with one attached hydrogen (secondary N) is 1. The minimum absolute atomic E-state index is 0.338. The largest absolute Gasteiger partial charge is 0.468 e. The zero-order valence-corrected chi connectivity index (χ0v) is 10.1. The van der Waals surface area contributed by atoms with Gasteiger partial charge in [-0.25, -0.2) is 9.67 Å². The number of nitrogens with zero attached hydrogens (tertiary/aromatic N) is 3. The van der Waals surface area contributed by atoms with Crippen LogP contribution < -0.4 is 5.32 Å². The Hall–Kier alpha value is -1.14. The van der Waals surface area contributed by atoms with Crippen LogP contribution in [0.25, 0.3) is 0 Å². The van der Waals surface area contributed by atoms with Crippen LogP contribution in [0.2, 0.25) is 0 Å². The molecule has 0 fully saturated rings. The summed E-state index contributed by atoms with van der Waals surface area (Å²) in [6, 6.07) is 0. The normalized spacial score (nSPS) is 12.4. The molecule has 1 N–H and O–H groups in total. The standard InChI is InChI=1S/C9H15ClN4O2/c1-3-14-8(12-6-13-14)5-11-4-7(10)9(15)16-2/h6-7,11H,3-5H2,1-2H3. The summed E-state index contributed by atoms with van der Waals surface area (Å²) in [5.74, 6) is 0.377. The van der Waals surface area contributed by atoms with Crippen molar-refractivity contribution < 1.29 is 9.53 Å². The van der Waals surface area contributed by atoms with E-state index in [-0.39, 0.29) is 0 Å². The van der Waals surface area contributed by atoms with Gasteiger partial charge >= 0.3 is 5.97 Å². The Labute approximate surface area is 98.9 Å². The third-order valence-corrected chi connectivity index (χ3v) is 2.39. The van der Waals surface area contributed by atoms with E-state index in [9.17, 15) is 4.79 Å². The highest BCUT2D eigenvalue weighted by molar-refractivity contribution is 6.30.